The number of nitrogens with one attached hydrogen (secondary N) is 2. The van der Waals surface area contributed by atoms with Crippen molar-refractivity contribution in [3.05, 3.63) is 24.3 Å². The zero-order valence-corrected chi connectivity index (χ0v) is 11.0. The topological polar surface area (TPSA) is 87.7 Å². The van der Waals surface area contributed by atoms with Crippen LogP contribution >= 0.6 is 0 Å². The summed E-state index contributed by atoms with van der Waals surface area (Å²) in [5.74, 6) is -0.327. The molecule has 0 saturated carbocycles. The van der Waals surface area contributed by atoms with Gasteiger partial charge in [-0.2, -0.15) is 0 Å². The van der Waals surface area contributed by atoms with Crippen molar-refractivity contribution in [1.82, 2.24) is 10.2 Å². The average Bonchev–Trinajstić information content (AvgIpc) is 2.73. The van der Waals surface area contributed by atoms with Gasteiger partial charge in [0.1, 0.15) is 12.3 Å². The lowest BCUT2D eigenvalue weighted by Crippen LogP contribution is -2.38. The van der Waals surface area contributed by atoms with E-state index in [1.54, 1.807) is 24.3 Å². The van der Waals surface area contributed by atoms with Crippen LogP contribution in [-0.2, 0) is 9.59 Å². The molecule has 1 saturated heterocycles. The predicted molar refractivity (Wildman–Crippen MR) is 71.4 cm³/mol. The van der Waals surface area contributed by atoms with Crippen LogP contribution in [0, 0.1) is 0 Å². The van der Waals surface area contributed by atoms with E-state index in [9.17, 15) is 14.4 Å². The van der Waals surface area contributed by atoms with Crippen molar-refractivity contribution in [1.29, 1.82) is 0 Å². The molecule has 0 unspecified atom stereocenters. The van der Waals surface area contributed by atoms with Crippen molar-refractivity contribution in [2.45, 2.75) is 6.92 Å². The Morgan fingerprint density at radius 1 is 1.40 bits per heavy atom. The average molecular weight is 277 g/mol. The van der Waals surface area contributed by atoms with Crippen LogP contribution in [0.4, 0.5) is 10.5 Å². The summed E-state index contributed by atoms with van der Waals surface area (Å²) in [7, 11) is 0. The van der Waals surface area contributed by atoms with Gasteiger partial charge in [-0.15, -0.1) is 0 Å². The third-order valence-electron chi connectivity index (χ3n) is 2.70. The number of carbonyl (C=O) groups excluding carboxylic acids is 3. The highest BCUT2D eigenvalue weighted by Crippen LogP contribution is 2.23. The van der Waals surface area contributed by atoms with E-state index in [-0.39, 0.29) is 13.1 Å². The Bertz CT molecular complexity index is 528. The second-order valence-corrected chi connectivity index (χ2v) is 4.12. The number of hydrogen-bond donors (Lipinski definition) is 2. The predicted octanol–water partition coefficient (Wildman–Crippen LogP) is 0.576. The zero-order valence-electron chi connectivity index (χ0n) is 11.0. The van der Waals surface area contributed by atoms with Gasteiger partial charge in [-0.1, -0.05) is 12.1 Å². The number of urea groups is 1. The molecule has 4 amide bonds. The molecule has 0 bridgehead atoms. The van der Waals surface area contributed by atoms with Crippen molar-refractivity contribution in [2.75, 3.05) is 25.0 Å². The Balaban J connectivity index is 2.01. The number of hydrogen-bond acceptors (Lipinski definition) is 4. The molecule has 0 aromatic heterocycles. The molecule has 106 valence electrons. The van der Waals surface area contributed by atoms with E-state index in [1.807, 2.05) is 6.92 Å². The second kappa shape index (κ2) is 6.05. The van der Waals surface area contributed by atoms with E-state index in [2.05, 4.69) is 10.6 Å². The van der Waals surface area contributed by atoms with E-state index < -0.39 is 17.8 Å². The highest BCUT2D eigenvalue weighted by molar-refractivity contribution is 6.06. The number of amides is 4. The van der Waals surface area contributed by atoms with Gasteiger partial charge in [0.25, 0.3) is 5.91 Å². The Kier molecular flexibility index (Phi) is 4.19. The standard InChI is InChI=1S/C13H15N3O4/c1-2-20-10-6-4-3-5-9(10)15-11(17)8-16-12(18)7-14-13(16)19/h3-6H,2,7-8H2,1H3,(H,14,19)(H,15,17). The maximum atomic E-state index is 11.9. The van der Waals surface area contributed by atoms with E-state index in [4.69, 9.17) is 4.74 Å². The lowest BCUT2D eigenvalue weighted by molar-refractivity contribution is -0.128. The van der Waals surface area contributed by atoms with Gasteiger partial charge >= 0.3 is 6.03 Å². The van der Waals surface area contributed by atoms with E-state index in [1.165, 1.54) is 0 Å². The SMILES string of the molecule is CCOc1ccccc1NC(=O)CN1C(=O)CNC1=O. The number of para-hydroxylation sites is 2. The summed E-state index contributed by atoms with van der Waals surface area (Å²) in [6.07, 6.45) is 0. The first-order valence-corrected chi connectivity index (χ1v) is 6.21. The van der Waals surface area contributed by atoms with Gasteiger partial charge in [0.2, 0.25) is 5.91 Å². The monoisotopic (exact) mass is 277 g/mol. The molecule has 1 heterocycles. The summed E-state index contributed by atoms with van der Waals surface area (Å²) in [4.78, 5) is 35.5. The Morgan fingerprint density at radius 2 is 2.15 bits per heavy atom. The molecule has 1 aliphatic heterocycles. The first kappa shape index (κ1) is 13.9. The van der Waals surface area contributed by atoms with Crippen molar-refractivity contribution < 1.29 is 19.1 Å². The molecular formula is C13H15N3O4. The van der Waals surface area contributed by atoms with Crippen molar-refractivity contribution in [3.8, 4) is 5.75 Å². The molecule has 1 aromatic rings. The van der Waals surface area contributed by atoms with Crippen LogP contribution in [-0.4, -0.2) is 42.4 Å². The van der Waals surface area contributed by atoms with Crippen molar-refractivity contribution in [2.24, 2.45) is 0 Å². The minimum absolute atomic E-state index is 0.0678. The van der Waals surface area contributed by atoms with E-state index in [0.29, 0.717) is 18.0 Å². The molecule has 2 rings (SSSR count). The Hall–Kier alpha value is -2.57. The normalized spacial score (nSPS) is 14.2. The molecule has 1 aliphatic rings. The zero-order chi connectivity index (χ0) is 14.5. The van der Waals surface area contributed by atoms with Crippen LogP contribution in [0.5, 0.6) is 5.75 Å². The minimum Gasteiger partial charge on any atom is -0.492 e. The fourth-order valence-corrected chi connectivity index (χ4v) is 1.80. The quantitative estimate of drug-likeness (QED) is 0.770. The molecule has 2 N–H and O–H groups in total. The Labute approximate surface area is 115 Å². The number of imide groups is 1. The van der Waals surface area contributed by atoms with Gasteiger partial charge in [-0.3, -0.25) is 14.5 Å². The summed E-state index contributed by atoms with van der Waals surface area (Å²) < 4.78 is 5.38. The van der Waals surface area contributed by atoms with Gasteiger partial charge in [-0.25, -0.2) is 4.79 Å². The van der Waals surface area contributed by atoms with Crippen molar-refractivity contribution in [3.63, 3.8) is 0 Å². The van der Waals surface area contributed by atoms with Crippen LogP contribution in [0.15, 0.2) is 24.3 Å². The summed E-state index contributed by atoms with van der Waals surface area (Å²) in [5.41, 5.74) is 0.506. The molecule has 0 radical (unpaired) electrons. The smallest absolute Gasteiger partial charge is 0.325 e. The molecule has 0 spiro atoms. The fraction of sp³-hybridized carbons (Fsp3) is 0.308. The van der Waals surface area contributed by atoms with Crippen LogP contribution in [0.2, 0.25) is 0 Å². The maximum Gasteiger partial charge on any atom is 0.325 e. The van der Waals surface area contributed by atoms with E-state index in [0.717, 1.165) is 4.90 Å². The molecule has 7 nitrogen and oxygen atoms in total. The first-order chi connectivity index (χ1) is 9.61. The second-order valence-electron chi connectivity index (χ2n) is 4.12. The first-order valence-electron chi connectivity index (χ1n) is 6.21. The van der Waals surface area contributed by atoms with Crippen LogP contribution < -0.4 is 15.4 Å². The lowest BCUT2D eigenvalue weighted by Gasteiger charge is -2.14. The fourth-order valence-electron chi connectivity index (χ4n) is 1.80. The van der Waals surface area contributed by atoms with Gasteiger partial charge in [0.15, 0.2) is 0 Å². The molecule has 1 aromatic carbocycles. The molecule has 0 aliphatic carbocycles. The van der Waals surface area contributed by atoms with Gasteiger partial charge in [-0.05, 0) is 19.1 Å². The van der Waals surface area contributed by atoms with Crippen LogP contribution in [0.3, 0.4) is 0 Å². The summed E-state index contributed by atoms with van der Waals surface area (Å²) in [5, 5.41) is 4.98. The molecule has 20 heavy (non-hydrogen) atoms. The molecule has 7 heteroatoms. The van der Waals surface area contributed by atoms with Gasteiger partial charge in [0.05, 0.1) is 18.8 Å². The maximum absolute atomic E-state index is 11.9. The van der Waals surface area contributed by atoms with E-state index >= 15 is 0 Å². The molecule has 0 atom stereocenters. The Morgan fingerprint density at radius 3 is 2.80 bits per heavy atom. The van der Waals surface area contributed by atoms with Crippen LogP contribution in [0.1, 0.15) is 6.92 Å². The number of rotatable bonds is 5. The number of benzene rings is 1. The van der Waals surface area contributed by atoms with Gasteiger partial charge < -0.3 is 15.4 Å². The molecular weight excluding hydrogens is 262 g/mol. The number of nitrogens with zero attached hydrogens (tertiary/aromatic N) is 1. The highest BCUT2D eigenvalue weighted by atomic mass is 16.5. The minimum atomic E-state index is -0.553. The molecule has 1 fully saturated rings. The summed E-state index contributed by atoms with van der Waals surface area (Å²) in [6.45, 7) is 1.93. The number of ether oxygens (including phenoxy) is 1. The lowest BCUT2D eigenvalue weighted by atomic mass is 10.3. The van der Waals surface area contributed by atoms with Crippen molar-refractivity contribution >= 4 is 23.5 Å². The third kappa shape index (κ3) is 3.05. The summed E-state index contributed by atoms with van der Waals surface area (Å²) in [6, 6.07) is 6.41. The van der Waals surface area contributed by atoms with Gasteiger partial charge in [0, 0.05) is 0 Å². The third-order valence-corrected chi connectivity index (χ3v) is 2.70. The number of anilines is 1. The number of carbonyl (C=O) groups is 3. The largest absolute Gasteiger partial charge is 0.492 e. The highest BCUT2D eigenvalue weighted by Gasteiger charge is 2.30. The van der Waals surface area contributed by atoms with Crippen LogP contribution in [0.25, 0.3) is 0 Å². The summed E-state index contributed by atoms with van der Waals surface area (Å²) >= 11 is 0.